The lowest BCUT2D eigenvalue weighted by atomic mass is 10.4. The molecule has 0 saturated heterocycles. The van der Waals surface area contributed by atoms with Gasteiger partial charge in [0, 0.05) is 0 Å². The van der Waals surface area contributed by atoms with Crippen LogP contribution in [0.15, 0.2) is 0 Å². The fourth-order valence-corrected chi connectivity index (χ4v) is 0.840. The molecule has 3 atom stereocenters. The van der Waals surface area contributed by atoms with Crippen molar-refractivity contribution in [3.8, 4) is 0 Å². The van der Waals surface area contributed by atoms with E-state index in [1.807, 2.05) is 6.92 Å². The molecule has 0 aromatic rings. The minimum Gasteiger partial charge on any atom is -0.468 e. The van der Waals surface area contributed by atoms with Gasteiger partial charge in [-0.2, -0.15) is 0 Å². The zero-order valence-corrected chi connectivity index (χ0v) is 14.8. The first-order valence-electron chi connectivity index (χ1n) is 7.51. The van der Waals surface area contributed by atoms with Gasteiger partial charge in [0.05, 0.1) is 51.3 Å². The fraction of sp³-hybridized carbons (Fsp3) is 0.867. The third kappa shape index (κ3) is 33.5. The molecule has 0 aliphatic heterocycles. The number of carbonyl (C=O) groups is 2. The van der Waals surface area contributed by atoms with Gasteiger partial charge in [0.25, 0.3) is 12.9 Å². The van der Waals surface area contributed by atoms with E-state index in [0.717, 1.165) is 0 Å². The van der Waals surface area contributed by atoms with Crippen molar-refractivity contribution in [1.29, 1.82) is 0 Å². The van der Waals surface area contributed by atoms with Crippen molar-refractivity contribution in [3.05, 3.63) is 0 Å². The van der Waals surface area contributed by atoms with Crippen molar-refractivity contribution < 1.29 is 38.7 Å². The Morgan fingerprint density at radius 1 is 0.870 bits per heavy atom. The lowest BCUT2D eigenvalue weighted by Crippen LogP contribution is -2.24. The van der Waals surface area contributed by atoms with E-state index in [0.29, 0.717) is 39.4 Å². The van der Waals surface area contributed by atoms with Crippen LogP contribution in [0.2, 0.25) is 0 Å². The average Bonchev–Trinajstić information content (AvgIpc) is 2.53. The van der Waals surface area contributed by atoms with E-state index in [1.54, 1.807) is 27.7 Å². The highest BCUT2D eigenvalue weighted by Crippen LogP contribution is 1.97. The van der Waals surface area contributed by atoms with Gasteiger partial charge in [0.2, 0.25) is 0 Å². The van der Waals surface area contributed by atoms with E-state index in [1.165, 1.54) is 0 Å². The van der Waals surface area contributed by atoms with Gasteiger partial charge < -0.3 is 29.2 Å². The minimum atomic E-state index is -0.447. The van der Waals surface area contributed by atoms with Crippen molar-refractivity contribution >= 4 is 12.9 Å². The molecule has 8 heteroatoms. The number of carbonyl (C=O) groups excluding carboxylic acids is 2. The van der Waals surface area contributed by atoms with Crippen molar-refractivity contribution in [1.82, 2.24) is 0 Å². The standard InChI is InChI=1S/C9H20O4.2C3H6O2/c1-7(11)5-12-9(3)6-13-8(2)4-10;2*1-2-5-3-4/h7-11H,4-6H2,1-3H3;2*3H,2H2,1H3. The monoisotopic (exact) mass is 340 g/mol. The zero-order valence-electron chi connectivity index (χ0n) is 14.8. The molecule has 0 saturated carbocycles. The molecular formula is C15H32O8. The Morgan fingerprint density at radius 3 is 1.57 bits per heavy atom. The second-order valence-corrected chi connectivity index (χ2v) is 4.42. The lowest BCUT2D eigenvalue weighted by Gasteiger charge is -2.16. The van der Waals surface area contributed by atoms with Crippen molar-refractivity contribution in [3.63, 3.8) is 0 Å². The number of rotatable bonds is 11. The summed E-state index contributed by atoms with van der Waals surface area (Å²) in [6.07, 6.45) is -0.654. The summed E-state index contributed by atoms with van der Waals surface area (Å²) in [4.78, 5) is 18.4. The molecule has 3 unspecified atom stereocenters. The first kappa shape index (κ1) is 26.7. The topological polar surface area (TPSA) is 112 Å². The van der Waals surface area contributed by atoms with E-state index in [2.05, 4.69) is 9.47 Å². The zero-order chi connectivity index (χ0) is 18.5. The van der Waals surface area contributed by atoms with Crippen LogP contribution >= 0.6 is 0 Å². The summed E-state index contributed by atoms with van der Waals surface area (Å²) in [6, 6.07) is 0. The Labute approximate surface area is 138 Å². The largest absolute Gasteiger partial charge is 0.468 e. The number of aliphatic hydroxyl groups excluding tert-OH is 2. The third-order valence-electron chi connectivity index (χ3n) is 1.96. The summed E-state index contributed by atoms with van der Waals surface area (Å²) >= 11 is 0. The molecule has 0 bridgehead atoms. The second kappa shape index (κ2) is 23.1. The van der Waals surface area contributed by atoms with Crippen LogP contribution in [0.25, 0.3) is 0 Å². The van der Waals surface area contributed by atoms with Gasteiger partial charge in [-0.25, -0.2) is 0 Å². The summed E-state index contributed by atoms with van der Waals surface area (Å²) in [6.45, 7) is 11.4. The number of aliphatic hydroxyl groups is 2. The van der Waals surface area contributed by atoms with Crippen LogP contribution in [-0.2, 0) is 28.5 Å². The maximum atomic E-state index is 9.18. The number of ether oxygens (including phenoxy) is 4. The molecule has 0 heterocycles. The van der Waals surface area contributed by atoms with E-state index in [-0.39, 0.29) is 18.8 Å². The van der Waals surface area contributed by atoms with Crippen LogP contribution in [0, 0.1) is 0 Å². The average molecular weight is 340 g/mol. The number of hydrogen-bond donors (Lipinski definition) is 2. The summed E-state index contributed by atoms with van der Waals surface area (Å²) < 4.78 is 18.8. The predicted octanol–water partition coefficient (Wildman–Crippen LogP) is 0.528. The maximum Gasteiger partial charge on any atom is 0.293 e. The van der Waals surface area contributed by atoms with Crippen LogP contribution in [0.1, 0.15) is 34.6 Å². The molecule has 140 valence electrons. The molecule has 0 aromatic heterocycles. The Bertz CT molecular complexity index is 226. The van der Waals surface area contributed by atoms with Gasteiger partial charge in [-0.05, 0) is 34.6 Å². The van der Waals surface area contributed by atoms with Gasteiger partial charge in [-0.3, -0.25) is 9.59 Å². The number of hydrogen-bond acceptors (Lipinski definition) is 8. The lowest BCUT2D eigenvalue weighted by molar-refractivity contribution is -0.129. The first-order valence-corrected chi connectivity index (χ1v) is 7.51. The Balaban J connectivity index is -0.000000329. The second-order valence-electron chi connectivity index (χ2n) is 4.42. The molecule has 0 rings (SSSR count). The molecule has 8 nitrogen and oxygen atoms in total. The SMILES string of the molecule is CC(O)COC(C)COC(C)CO.CCOC=O.CCOC=O. The Morgan fingerprint density at radius 2 is 1.30 bits per heavy atom. The van der Waals surface area contributed by atoms with Gasteiger partial charge >= 0.3 is 0 Å². The smallest absolute Gasteiger partial charge is 0.293 e. The van der Waals surface area contributed by atoms with E-state index in [9.17, 15) is 9.59 Å². The molecule has 2 N–H and O–H groups in total. The molecule has 0 fully saturated rings. The van der Waals surface area contributed by atoms with Crippen molar-refractivity contribution in [2.45, 2.75) is 52.9 Å². The minimum absolute atomic E-state index is 0.0170. The van der Waals surface area contributed by atoms with Crippen LogP contribution in [0.5, 0.6) is 0 Å². The van der Waals surface area contributed by atoms with Crippen LogP contribution < -0.4 is 0 Å². The highest BCUT2D eigenvalue weighted by Gasteiger charge is 2.06. The quantitative estimate of drug-likeness (QED) is 0.524. The van der Waals surface area contributed by atoms with E-state index < -0.39 is 6.10 Å². The van der Waals surface area contributed by atoms with Crippen molar-refractivity contribution in [2.75, 3.05) is 33.0 Å². The van der Waals surface area contributed by atoms with Gasteiger partial charge in [0.1, 0.15) is 0 Å². The summed E-state index contributed by atoms with van der Waals surface area (Å²) in [7, 11) is 0. The molecular weight excluding hydrogens is 308 g/mol. The molecule has 23 heavy (non-hydrogen) atoms. The fourth-order valence-electron chi connectivity index (χ4n) is 0.840. The third-order valence-corrected chi connectivity index (χ3v) is 1.96. The van der Waals surface area contributed by atoms with Crippen molar-refractivity contribution in [2.24, 2.45) is 0 Å². The van der Waals surface area contributed by atoms with E-state index >= 15 is 0 Å². The molecule has 0 radical (unpaired) electrons. The molecule has 0 aliphatic rings. The Kier molecular flexibility index (Phi) is 26.7. The molecule has 0 spiro atoms. The maximum absolute atomic E-state index is 9.18. The first-order chi connectivity index (χ1) is 10.9. The summed E-state index contributed by atoms with van der Waals surface area (Å²) in [5, 5.41) is 17.6. The normalized spacial score (nSPS) is 13.2. The Hall–Kier alpha value is -1.22. The molecule has 0 amide bonds. The van der Waals surface area contributed by atoms with Gasteiger partial charge in [-0.1, -0.05) is 0 Å². The predicted molar refractivity (Wildman–Crippen MR) is 85.0 cm³/mol. The summed E-state index contributed by atoms with van der Waals surface area (Å²) in [5.41, 5.74) is 0. The molecule has 0 aromatic carbocycles. The molecule has 0 aliphatic carbocycles. The highest BCUT2D eigenvalue weighted by molar-refractivity contribution is 5.36. The van der Waals surface area contributed by atoms with Gasteiger partial charge in [0.15, 0.2) is 0 Å². The van der Waals surface area contributed by atoms with Gasteiger partial charge in [-0.15, -0.1) is 0 Å². The van der Waals surface area contributed by atoms with E-state index in [4.69, 9.17) is 19.7 Å². The van der Waals surface area contributed by atoms with Crippen LogP contribution in [0.3, 0.4) is 0 Å². The highest BCUT2D eigenvalue weighted by atomic mass is 16.5. The summed E-state index contributed by atoms with van der Waals surface area (Å²) in [5.74, 6) is 0. The van der Waals surface area contributed by atoms with Crippen LogP contribution in [-0.4, -0.2) is 74.5 Å². The van der Waals surface area contributed by atoms with Crippen LogP contribution in [0.4, 0.5) is 0 Å².